The number of ether oxygens (including phenoxy) is 1. The van der Waals surface area contributed by atoms with Gasteiger partial charge < -0.3 is 9.84 Å². The summed E-state index contributed by atoms with van der Waals surface area (Å²) in [4.78, 5) is 2.18. The first-order chi connectivity index (χ1) is 11.6. The summed E-state index contributed by atoms with van der Waals surface area (Å²) in [5.41, 5.74) is 0. The molecule has 0 atom stereocenters. The molecule has 0 radical (unpaired) electrons. The number of fused-ring (bicyclic) bond motifs is 1. The molecule has 7 heteroatoms. The molecule has 24 heavy (non-hydrogen) atoms. The van der Waals surface area contributed by atoms with Crippen LogP contribution in [0.25, 0.3) is 10.8 Å². The molecule has 0 saturated carbocycles. The van der Waals surface area contributed by atoms with Crippen molar-refractivity contribution in [2.45, 2.75) is 11.3 Å². The van der Waals surface area contributed by atoms with Crippen molar-refractivity contribution < 1.29 is 18.3 Å². The first kappa shape index (κ1) is 17.2. The van der Waals surface area contributed by atoms with E-state index in [2.05, 4.69) is 9.62 Å². The van der Waals surface area contributed by atoms with Crippen LogP contribution < -0.4 is 4.72 Å². The van der Waals surface area contributed by atoms with Crippen LogP contribution in [0.4, 0.5) is 0 Å². The van der Waals surface area contributed by atoms with E-state index in [0.717, 1.165) is 43.6 Å². The molecule has 0 bridgehead atoms. The van der Waals surface area contributed by atoms with Gasteiger partial charge in [0.25, 0.3) is 0 Å². The smallest absolute Gasteiger partial charge is 0.244 e. The van der Waals surface area contributed by atoms with Crippen LogP contribution in [-0.2, 0) is 14.8 Å². The van der Waals surface area contributed by atoms with E-state index >= 15 is 0 Å². The van der Waals surface area contributed by atoms with Gasteiger partial charge in [-0.2, -0.15) is 0 Å². The quantitative estimate of drug-likeness (QED) is 0.773. The SMILES string of the molecule is O=S(=O)(NCCCN1CCOCC1)c1cc2ccccc2cc1O. The Balaban J connectivity index is 1.63. The van der Waals surface area contributed by atoms with Crippen LogP contribution in [0.15, 0.2) is 41.3 Å². The zero-order valence-electron chi connectivity index (χ0n) is 13.4. The summed E-state index contributed by atoms with van der Waals surface area (Å²) in [6, 6.07) is 10.3. The summed E-state index contributed by atoms with van der Waals surface area (Å²) >= 11 is 0. The largest absolute Gasteiger partial charge is 0.507 e. The summed E-state index contributed by atoms with van der Waals surface area (Å²) in [6.45, 7) is 4.41. The highest BCUT2D eigenvalue weighted by Crippen LogP contribution is 2.28. The highest BCUT2D eigenvalue weighted by atomic mass is 32.2. The summed E-state index contributed by atoms with van der Waals surface area (Å²) in [6.07, 6.45) is 0.716. The van der Waals surface area contributed by atoms with Gasteiger partial charge in [-0.05, 0) is 35.9 Å². The molecule has 3 rings (SSSR count). The number of nitrogens with one attached hydrogen (secondary N) is 1. The molecule has 130 valence electrons. The predicted octanol–water partition coefficient (Wildman–Crippen LogP) is 1.55. The van der Waals surface area contributed by atoms with Crippen LogP contribution in [0.2, 0.25) is 0 Å². The van der Waals surface area contributed by atoms with Crippen LogP contribution >= 0.6 is 0 Å². The maximum Gasteiger partial charge on any atom is 0.244 e. The third-order valence-electron chi connectivity index (χ3n) is 4.16. The topological polar surface area (TPSA) is 78.9 Å². The summed E-state index contributed by atoms with van der Waals surface area (Å²) in [5.74, 6) is -0.227. The van der Waals surface area contributed by atoms with E-state index in [-0.39, 0.29) is 10.6 Å². The number of morpholine rings is 1. The number of aromatic hydroxyl groups is 1. The molecule has 2 N–H and O–H groups in total. The minimum Gasteiger partial charge on any atom is -0.507 e. The molecule has 1 aliphatic heterocycles. The van der Waals surface area contributed by atoms with E-state index in [9.17, 15) is 13.5 Å². The number of phenols is 1. The zero-order valence-corrected chi connectivity index (χ0v) is 14.3. The first-order valence-corrected chi connectivity index (χ1v) is 9.56. The van der Waals surface area contributed by atoms with Gasteiger partial charge >= 0.3 is 0 Å². The van der Waals surface area contributed by atoms with Gasteiger partial charge in [-0.1, -0.05) is 24.3 Å². The Morgan fingerprint density at radius 2 is 1.79 bits per heavy atom. The molecule has 1 heterocycles. The van der Waals surface area contributed by atoms with Crippen molar-refractivity contribution in [1.29, 1.82) is 0 Å². The number of rotatable bonds is 6. The summed E-state index contributed by atoms with van der Waals surface area (Å²) in [5, 5.41) is 11.7. The molecule has 6 nitrogen and oxygen atoms in total. The minimum absolute atomic E-state index is 0.0763. The molecular formula is C17H22N2O4S. The Kier molecular flexibility index (Phi) is 5.35. The van der Waals surface area contributed by atoms with Crippen LogP contribution in [0.5, 0.6) is 5.75 Å². The number of phenolic OH excluding ortho intramolecular Hbond substituents is 1. The van der Waals surface area contributed by atoms with Gasteiger partial charge in [-0.3, -0.25) is 4.90 Å². The van der Waals surface area contributed by atoms with Gasteiger partial charge in [0.15, 0.2) is 0 Å². The second-order valence-electron chi connectivity index (χ2n) is 5.87. The molecule has 0 spiro atoms. The van der Waals surface area contributed by atoms with Gasteiger partial charge in [-0.25, -0.2) is 13.1 Å². The van der Waals surface area contributed by atoms with E-state index in [0.29, 0.717) is 13.0 Å². The van der Waals surface area contributed by atoms with Crippen molar-refractivity contribution in [3.05, 3.63) is 36.4 Å². The fraction of sp³-hybridized carbons (Fsp3) is 0.412. The van der Waals surface area contributed by atoms with Crippen LogP contribution in [0, 0.1) is 0 Å². The van der Waals surface area contributed by atoms with Crippen molar-refractivity contribution >= 4 is 20.8 Å². The molecular weight excluding hydrogens is 328 g/mol. The fourth-order valence-corrected chi connectivity index (χ4v) is 4.02. The lowest BCUT2D eigenvalue weighted by Crippen LogP contribution is -2.38. The van der Waals surface area contributed by atoms with E-state index in [1.807, 2.05) is 24.3 Å². The molecule has 1 fully saturated rings. The summed E-state index contributed by atoms with van der Waals surface area (Å²) in [7, 11) is -3.73. The molecule has 0 amide bonds. The van der Waals surface area contributed by atoms with Crippen LogP contribution in [0.3, 0.4) is 0 Å². The molecule has 1 aliphatic rings. The standard InChI is InChI=1S/C17H22N2O4S/c20-16-12-14-4-1-2-5-15(14)13-17(16)24(21,22)18-6-3-7-19-8-10-23-11-9-19/h1-2,4-5,12-13,18,20H,3,6-11H2. The monoisotopic (exact) mass is 350 g/mol. The number of sulfonamides is 1. The lowest BCUT2D eigenvalue weighted by molar-refractivity contribution is 0.0376. The number of nitrogens with zero attached hydrogens (tertiary/aromatic N) is 1. The maximum absolute atomic E-state index is 12.4. The van der Waals surface area contributed by atoms with Gasteiger partial charge in [0.05, 0.1) is 13.2 Å². The molecule has 1 saturated heterocycles. The Morgan fingerprint density at radius 1 is 1.12 bits per heavy atom. The van der Waals surface area contributed by atoms with Crippen molar-refractivity contribution in [2.75, 3.05) is 39.4 Å². The average Bonchev–Trinajstić information content (AvgIpc) is 2.59. The van der Waals surface area contributed by atoms with E-state index in [1.165, 1.54) is 12.1 Å². The predicted molar refractivity (Wildman–Crippen MR) is 92.7 cm³/mol. The third-order valence-corrected chi connectivity index (χ3v) is 5.65. The maximum atomic E-state index is 12.4. The highest BCUT2D eigenvalue weighted by molar-refractivity contribution is 7.89. The first-order valence-electron chi connectivity index (χ1n) is 8.08. The molecule has 0 unspecified atom stereocenters. The Hall–Kier alpha value is -1.67. The van der Waals surface area contributed by atoms with E-state index < -0.39 is 10.0 Å². The van der Waals surface area contributed by atoms with Gasteiger partial charge in [0, 0.05) is 19.6 Å². The van der Waals surface area contributed by atoms with E-state index in [1.54, 1.807) is 0 Å². The van der Waals surface area contributed by atoms with Crippen molar-refractivity contribution in [2.24, 2.45) is 0 Å². The third kappa shape index (κ3) is 4.05. The lowest BCUT2D eigenvalue weighted by atomic mass is 10.1. The molecule has 2 aromatic rings. The van der Waals surface area contributed by atoms with Gasteiger partial charge in [0.1, 0.15) is 10.6 Å². The second kappa shape index (κ2) is 7.48. The van der Waals surface area contributed by atoms with E-state index in [4.69, 9.17) is 4.74 Å². The van der Waals surface area contributed by atoms with Gasteiger partial charge in [-0.15, -0.1) is 0 Å². The van der Waals surface area contributed by atoms with Crippen LogP contribution in [-0.4, -0.2) is 57.8 Å². The average molecular weight is 350 g/mol. The second-order valence-corrected chi connectivity index (χ2v) is 7.61. The van der Waals surface area contributed by atoms with Gasteiger partial charge in [0.2, 0.25) is 10.0 Å². The molecule has 0 aromatic heterocycles. The lowest BCUT2D eigenvalue weighted by Gasteiger charge is -2.26. The number of benzene rings is 2. The molecule has 2 aromatic carbocycles. The Morgan fingerprint density at radius 3 is 2.50 bits per heavy atom. The zero-order chi connectivity index (χ0) is 17.0. The normalized spacial score (nSPS) is 16.5. The van der Waals surface area contributed by atoms with Crippen molar-refractivity contribution in [3.63, 3.8) is 0 Å². The summed E-state index contributed by atoms with van der Waals surface area (Å²) < 4.78 is 32.7. The highest BCUT2D eigenvalue weighted by Gasteiger charge is 2.19. The fourth-order valence-electron chi connectivity index (χ4n) is 2.83. The Labute approximate surface area is 142 Å². The molecule has 0 aliphatic carbocycles. The number of hydrogen-bond donors (Lipinski definition) is 2. The van der Waals surface area contributed by atoms with Crippen LogP contribution in [0.1, 0.15) is 6.42 Å². The van der Waals surface area contributed by atoms with Crippen molar-refractivity contribution in [3.8, 4) is 5.75 Å². The van der Waals surface area contributed by atoms with Crippen molar-refractivity contribution in [1.82, 2.24) is 9.62 Å². The number of hydrogen-bond acceptors (Lipinski definition) is 5. The minimum atomic E-state index is -3.73. The Bertz CT molecular complexity index is 801.